The zero-order valence-corrected chi connectivity index (χ0v) is 12.5. The van der Waals surface area contributed by atoms with E-state index >= 15 is 0 Å². The summed E-state index contributed by atoms with van der Waals surface area (Å²) in [6.45, 7) is 0. The summed E-state index contributed by atoms with van der Waals surface area (Å²) in [7, 11) is 0. The van der Waals surface area contributed by atoms with Gasteiger partial charge in [-0.15, -0.1) is 0 Å². The highest BCUT2D eigenvalue weighted by Gasteiger charge is 2.25. The van der Waals surface area contributed by atoms with Crippen LogP contribution < -0.4 is 5.32 Å². The van der Waals surface area contributed by atoms with Gasteiger partial charge in [0.2, 0.25) is 0 Å². The summed E-state index contributed by atoms with van der Waals surface area (Å²) in [5.74, 6) is 0.840. The van der Waals surface area contributed by atoms with Crippen molar-refractivity contribution in [2.45, 2.75) is 25.3 Å². The Morgan fingerprint density at radius 1 is 1.30 bits per heavy atom. The number of pyridine rings is 1. The number of hydrogen-bond acceptors (Lipinski definition) is 4. The minimum Gasteiger partial charge on any atom is -0.469 e. The van der Waals surface area contributed by atoms with E-state index in [2.05, 4.69) is 20.5 Å². The summed E-state index contributed by atoms with van der Waals surface area (Å²) >= 11 is 0. The average molecular weight is 308 g/mol. The number of carbonyl (C=O) groups is 1. The quantitative estimate of drug-likeness (QED) is 0.779. The molecule has 3 aromatic rings. The molecule has 2 N–H and O–H groups in total. The predicted octanol–water partition coefficient (Wildman–Crippen LogP) is 2.87. The van der Waals surface area contributed by atoms with Crippen LogP contribution in [0.25, 0.3) is 11.3 Å². The molecule has 0 aromatic carbocycles. The molecular weight excluding hydrogens is 292 g/mol. The molecular formula is C17H16N4O2. The second-order valence-electron chi connectivity index (χ2n) is 5.61. The highest BCUT2D eigenvalue weighted by atomic mass is 16.3. The smallest absolute Gasteiger partial charge is 0.255 e. The SMILES string of the molecule is O=C(NC1CCCc2occc21)c1cn[nH]c1-c1ccncc1. The van der Waals surface area contributed by atoms with E-state index in [9.17, 15) is 4.79 Å². The van der Waals surface area contributed by atoms with Gasteiger partial charge in [-0.05, 0) is 31.0 Å². The van der Waals surface area contributed by atoms with Gasteiger partial charge in [-0.3, -0.25) is 14.9 Å². The van der Waals surface area contributed by atoms with Crippen LogP contribution in [-0.4, -0.2) is 21.1 Å². The van der Waals surface area contributed by atoms with Crippen molar-refractivity contribution < 1.29 is 9.21 Å². The molecule has 116 valence electrons. The Labute approximate surface area is 132 Å². The average Bonchev–Trinajstić information content (AvgIpc) is 3.25. The Bertz CT molecular complexity index is 822. The summed E-state index contributed by atoms with van der Waals surface area (Å²) in [5.41, 5.74) is 3.20. The Morgan fingerprint density at radius 3 is 3.04 bits per heavy atom. The third-order valence-corrected chi connectivity index (χ3v) is 4.21. The number of fused-ring (bicyclic) bond motifs is 1. The number of amides is 1. The maximum Gasteiger partial charge on any atom is 0.255 e. The predicted molar refractivity (Wildman–Crippen MR) is 83.7 cm³/mol. The number of H-pyrrole nitrogens is 1. The van der Waals surface area contributed by atoms with E-state index in [1.165, 1.54) is 0 Å². The number of aromatic nitrogens is 3. The zero-order valence-electron chi connectivity index (χ0n) is 12.5. The van der Waals surface area contributed by atoms with Gasteiger partial charge in [0.15, 0.2) is 0 Å². The lowest BCUT2D eigenvalue weighted by atomic mass is 9.93. The van der Waals surface area contributed by atoms with Crippen LogP contribution in [-0.2, 0) is 6.42 Å². The lowest BCUT2D eigenvalue weighted by Crippen LogP contribution is -2.30. The fraction of sp³-hybridized carbons (Fsp3) is 0.235. The number of hydrogen-bond donors (Lipinski definition) is 2. The largest absolute Gasteiger partial charge is 0.469 e. The van der Waals surface area contributed by atoms with E-state index in [1.807, 2.05) is 18.2 Å². The van der Waals surface area contributed by atoms with Crippen LogP contribution in [0, 0.1) is 0 Å². The Kier molecular flexibility index (Phi) is 3.42. The van der Waals surface area contributed by atoms with E-state index < -0.39 is 0 Å². The van der Waals surface area contributed by atoms with E-state index in [0.29, 0.717) is 11.3 Å². The highest BCUT2D eigenvalue weighted by Crippen LogP contribution is 2.31. The van der Waals surface area contributed by atoms with Gasteiger partial charge in [0.1, 0.15) is 5.76 Å². The molecule has 0 saturated heterocycles. The molecule has 0 saturated carbocycles. The van der Waals surface area contributed by atoms with Crippen molar-refractivity contribution in [3.8, 4) is 11.3 Å². The first-order chi connectivity index (χ1) is 11.3. The van der Waals surface area contributed by atoms with Crippen molar-refractivity contribution in [1.82, 2.24) is 20.5 Å². The third-order valence-electron chi connectivity index (χ3n) is 4.21. The highest BCUT2D eigenvalue weighted by molar-refractivity contribution is 5.99. The molecule has 0 aliphatic heterocycles. The van der Waals surface area contributed by atoms with Gasteiger partial charge in [-0.1, -0.05) is 0 Å². The van der Waals surface area contributed by atoms with E-state index in [0.717, 1.165) is 36.1 Å². The molecule has 23 heavy (non-hydrogen) atoms. The molecule has 6 nitrogen and oxygen atoms in total. The molecule has 1 aliphatic rings. The number of furan rings is 1. The van der Waals surface area contributed by atoms with Crippen LogP contribution in [0.1, 0.15) is 40.6 Å². The van der Waals surface area contributed by atoms with E-state index in [-0.39, 0.29) is 11.9 Å². The van der Waals surface area contributed by atoms with Crippen molar-refractivity contribution >= 4 is 5.91 Å². The fourth-order valence-corrected chi connectivity index (χ4v) is 3.07. The van der Waals surface area contributed by atoms with Gasteiger partial charge >= 0.3 is 0 Å². The fourth-order valence-electron chi connectivity index (χ4n) is 3.07. The number of nitrogens with zero attached hydrogens (tertiary/aromatic N) is 2. The molecule has 0 bridgehead atoms. The van der Waals surface area contributed by atoms with Crippen LogP contribution in [0.4, 0.5) is 0 Å². The Morgan fingerprint density at radius 2 is 2.17 bits per heavy atom. The molecule has 0 radical (unpaired) electrons. The Balaban J connectivity index is 1.59. The zero-order chi connectivity index (χ0) is 15.6. The summed E-state index contributed by atoms with van der Waals surface area (Å²) in [6.07, 6.45) is 9.49. The Hall–Kier alpha value is -2.89. The second kappa shape index (κ2) is 5.72. The number of carbonyl (C=O) groups excluding carboxylic acids is 1. The molecule has 1 unspecified atom stereocenters. The van der Waals surface area contributed by atoms with Crippen LogP contribution >= 0.6 is 0 Å². The monoisotopic (exact) mass is 308 g/mol. The summed E-state index contributed by atoms with van der Waals surface area (Å²) < 4.78 is 5.47. The topological polar surface area (TPSA) is 83.8 Å². The lowest BCUT2D eigenvalue weighted by Gasteiger charge is -2.22. The second-order valence-corrected chi connectivity index (χ2v) is 5.61. The number of rotatable bonds is 3. The van der Waals surface area contributed by atoms with Crippen LogP contribution in [0.15, 0.2) is 47.5 Å². The maximum absolute atomic E-state index is 12.7. The first-order valence-corrected chi connectivity index (χ1v) is 7.64. The standard InChI is InChI=1S/C17H16N4O2/c22-17(20-14-2-1-3-15-12(14)6-9-23-15)13-10-19-21-16(13)11-4-7-18-8-5-11/h4-10,14H,1-3H2,(H,19,21)(H,20,22). The third kappa shape index (κ3) is 2.52. The molecule has 4 rings (SSSR count). The molecule has 1 amide bonds. The number of aromatic amines is 1. The molecule has 0 spiro atoms. The first-order valence-electron chi connectivity index (χ1n) is 7.64. The molecule has 0 fully saturated rings. The van der Waals surface area contributed by atoms with Crippen LogP contribution in [0.5, 0.6) is 0 Å². The molecule has 6 heteroatoms. The molecule has 1 atom stereocenters. The normalized spacial score (nSPS) is 16.8. The van der Waals surface area contributed by atoms with Crippen molar-refractivity contribution in [3.05, 3.63) is 59.9 Å². The van der Waals surface area contributed by atoms with Gasteiger partial charge < -0.3 is 9.73 Å². The van der Waals surface area contributed by atoms with Crippen molar-refractivity contribution in [3.63, 3.8) is 0 Å². The van der Waals surface area contributed by atoms with Crippen molar-refractivity contribution in [2.75, 3.05) is 0 Å². The lowest BCUT2D eigenvalue weighted by molar-refractivity contribution is 0.0933. The van der Waals surface area contributed by atoms with Crippen molar-refractivity contribution in [1.29, 1.82) is 0 Å². The number of aryl methyl sites for hydroxylation is 1. The van der Waals surface area contributed by atoms with Gasteiger partial charge in [0.25, 0.3) is 5.91 Å². The molecule has 1 aliphatic carbocycles. The number of nitrogens with one attached hydrogen (secondary N) is 2. The summed E-state index contributed by atoms with van der Waals surface area (Å²) in [6, 6.07) is 5.63. The van der Waals surface area contributed by atoms with E-state index in [4.69, 9.17) is 4.42 Å². The van der Waals surface area contributed by atoms with Gasteiger partial charge in [-0.25, -0.2) is 0 Å². The maximum atomic E-state index is 12.7. The first kappa shape index (κ1) is 13.8. The summed E-state index contributed by atoms with van der Waals surface area (Å²) in [4.78, 5) is 16.7. The summed E-state index contributed by atoms with van der Waals surface area (Å²) in [5, 5.41) is 10.0. The molecule has 3 heterocycles. The van der Waals surface area contributed by atoms with Crippen LogP contribution in [0.3, 0.4) is 0 Å². The van der Waals surface area contributed by atoms with Crippen LogP contribution in [0.2, 0.25) is 0 Å². The minimum atomic E-state index is -0.135. The van der Waals surface area contributed by atoms with Crippen molar-refractivity contribution in [2.24, 2.45) is 0 Å². The minimum absolute atomic E-state index is 0.00908. The van der Waals surface area contributed by atoms with Gasteiger partial charge in [0, 0.05) is 29.9 Å². The molecule has 3 aromatic heterocycles. The van der Waals surface area contributed by atoms with E-state index in [1.54, 1.807) is 24.9 Å². The van der Waals surface area contributed by atoms with Gasteiger partial charge in [0.05, 0.1) is 29.8 Å². The van der Waals surface area contributed by atoms with Gasteiger partial charge in [-0.2, -0.15) is 5.10 Å².